The van der Waals surface area contributed by atoms with Crippen LogP contribution in [0.3, 0.4) is 0 Å². The number of hydrogen-bond acceptors (Lipinski definition) is 4. The Morgan fingerprint density at radius 2 is 2.19 bits per heavy atom. The van der Waals surface area contributed by atoms with Gasteiger partial charge < -0.3 is 9.72 Å². The quantitative estimate of drug-likeness (QED) is 0.767. The molecule has 0 amide bonds. The van der Waals surface area contributed by atoms with Crippen LogP contribution < -0.4 is 10.3 Å². The molecule has 0 unspecified atom stereocenters. The van der Waals surface area contributed by atoms with Crippen molar-refractivity contribution in [1.29, 1.82) is 0 Å². The van der Waals surface area contributed by atoms with Crippen LogP contribution in [-0.2, 0) is 0 Å². The van der Waals surface area contributed by atoms with Crippen LogP contribution in [0, 0.1) is 0 Å². The minimum absolute atomic E-state index is 0.0435. The molecule has 0 saturated carbocycles. The Bertz CT molecular complexity index is 616. The third kappa shape index (κ3) is 1.56. The maximum atomic E-state index is 11.7. The maximum Gasteiger partial charge on any atom is 0.259 e. The van der Waals surface area contributed by atoms with Gasteiger partial charge in [0, 0.05) is 6.92 Å². The van der Waals surface area contributed by atoms with Crippen molar-refractivity contribution in [1.82, 2.24) is 9.97 Å². The van der Waals surface area contributed by atoms with E-state index in [1.165, 1.54) is 14.0 Å². The topological polar surface area (TPSA) is 72.1 Å². The van der Waals surface area contributed by atoms with Crippen molar-refractivity contribution in [2.75, 3.05) is 7.11 Å². The van der Waals surface area contributed by atoms with E-state index in [2.05, 4.69) is 9.97 Å². The number of hydrogen-bond donors (Lipinski definition) is 1. The van der Waals surface area contributed by atoms with E-state index in [1.54, 1.807) is 18.2 Å². The summed E-state index contributed by atoms with van der Waals surface area (Å²) in [5.74, 6) is 0.234. The maximum absolute atomic E-state index is 11.7. The highest BCUT2D eigenvalue weighted by Crippen LogP contribution is 2.20. The highest BCUT2D eigenvalue weighted by Gasteiger charge is 2.10. The molecule has 0 bridgehead atoms. The van der Waals surface area contributed by atoms with E-state index in [1.807, 2.05) is 0 Å². The van der Waals surface area contributed by atoms with Crippen LogP contribution in [0.2, 0.25) is 0 Å². The molecular weight excluding hydrogens is 208 g/mol. The first-order valence-electron chi connectivity index (χ1n) is 4.71. The molecule has 16 heavy (non-hydrogen) atoms. The lowest BCUT2D eigenvalue weighted by Gasteiger charge is -2.04. The van der Waals surface area contributed by atoms with Gasteiger partial charge >= 0.3 is 0 Å². The second-order valence-corrected chi connectivity index (χ2v) is 3.33. The number of carbonyl (C=O) groups excluding carboxylic acids is 1. The second kappa shape index (κ2) is 3.77. The van der Waals surface area contributed by atoms with Gasteiger partial charge in [0.25, 0.3) is 5.56 Å². The number of ketones is 1. The number of ether oxygens (including phenoxy) is 1. The van der Waals surface area contributed by atoms with E-state index in [-0.39, 0.29) is 17.2 Å². The highest BCUT2D eigenvalue weighted by atomic mass is 16.5. The number of Topliss-reactive ketones (excluding diaryl/α,β-unsaturated/α-hetero) is 1. The van der Waals surface area contributed by atoms with Crippen molar-refractivity contribution in [3.05, 3.63) is 34.4 Å². The van der Waals surface area contributed by atoms with Crippen LogP contribution in [0.5, 0.6) is 5.75 Å². The normalized spacial score (nSPS) is 10.4. The Kier molecular flexibility index (Phi) is 2.44. The number of benzene rings is 1. The summed E-state index contributed by atoms with van der Waals surface area (Å²) < 4.78 is 5.09. The van der Waals surface area contributed by atoms with Gasteiger partial charge in [0.2, 0.25) is 0 Å². The van der Waals surface area contributed by atoms with Gasteiger partial charge in [-0.15, -0.1) is 0 Å². The number of aromatic nitrogens is 2. The summed E-state index contributed by atoms with van der Waals surface area (Å²) in [4.78, 5) is 29.3. The monoisotopic (exact) mass is 218 g/mol. The zero-order chi connectivity index (χ0) is 11.7. The summed E-state index contributed by atoms with van der Waals surface area (Å²) in [6.07, 6.45) is 0. The molecule has 2 aromatic rings. The molecule has 1 aromatic heterocycles. The van der Waals surface area contributed by atoms with Crippen LogP contribution in [0.25, 0.3) is 10.9 Å². The lowest BCUT2D eigenvalue weighted by Crippen LogP contribution is -2.14. The molecule has 0 aliphatic heterocycles. The molecule has 0 aliphatic carbocycles. The number of fused-ring (bicyclic) bond motifs is 1. The van der Waals surface area contributed by atoms with Crippen LogP contribution in [0.4, 0.5) is 0 Å². The molecule has 5 heteroatoms. The van der Waals surface area contributed by atoms with Crippen LogP contribution in [-0.4, -0.2) is 22.9 Å². The number of para-hydroxylation sites is 1. The molecule has 1 heterocycles. The molecule has 0 aliphatic rings. The molecule has 82 valence electrons. The third-order valence-corrected chi connectivity index (χ3v) is 2.25. The van der Waals surface area contributed by atoms with Gasteiger partial charge in [-0.1, -0.05) is 6.07 Å². The lowest BCUT2D eigenvalue weighted by molar-refractivity contribution is 0.100. The molecule has 0 radical (unpaired) electrons. The Balaban J connectivity index is 2.88. The number of rotatable bonds is 2. The smallest absolute Gasteiger partial charge is 0.259 e. The van der Waals surface area contributed by atoms with Crippen molar-refractivity contribution < 1.29 is 9.53 Å². The summed E-state index contributed by atoms with van der Waals surface area (Å²) >= 11 is 0. The minimum atomic E-state index is -0.339. The molecule has 1 aromatic carbocycles. The largest absolute Gasteiger partial charge is 0.494 e. The third-order valence-electron chi connectivity index (χ3n) is 2.25. The van der Waals surface area contributed by atoms with Crippen molar-refractivity contribution in [2.24, 2.45) is 0 Å². The Morgan fingerprint density at radius 3 is 2.81 bits per heavy atom. The van der Waals surface area contributed by atoms with E-state index < -0.39 is 0 Å². The molecule has 2 rings (SSSR count). The number of nitrogens with one attached hydrogen (secondary N) is 1. The molecule has 0 spiro atoms. The molecule has 5 nitrogen and oxygen atoms in total. The van der Waals surface area contributed by atoms with Gasteiger partial charge in [-0.25, -0.2) is 4.98 Å². The van der Waals surface area contributed by atoms with E-state index >= 15 is 0 Å². The number of H-pyrrole nitrogens is 1. The van der Waals surface area contributed by atoms with Gasteiger partial charge in [-0.3, -0.25) is 9.59 Å². The minimum Gasteiger partial charge on any atom is -0.494 e. The lowest BCUT2D eigenvalue weighted by atomic mass is 10.2. The van der Waals surface area contributed by atoms with Gasteiger partial charge in [-0.2, -0.15) is 0 Å². The van der Waals surface area contributed by atoms with Crippen molar-refractivity contribution in [3.8, 4) is 5.75 Å². The fourth-order valence-corrected chi connectivity index (χ4v) is 1.47. The Morgan fingerprint density at radius 1 is 1.44 bits per heavy atom. The summed E-state index contributed by atoms with van der Waals surface area (Å²) in [5, 5.41) is 0.407. The van der Waals surface area contributed by atoms with Crippen molar-refractivity contribution >= 4 is 16.7 Å². The number of aromatic amines is 1. The standard InChI is InChI=1S/C11H10N2O3/c1-6(14)10-12-9-7(11(15)13-10)4-3-5-8(9)16-2/h3-5H,1-2H3,(H,12,13,15). The first kappa shape index (κ1) is 10.4. The fraction of sp³-hybridized carbons (Fsp3) is 0.182. The molecular formula is C11H10N2O3. The molecule has 1 N–H and O–H groups in total. The summed E-state index contributed by atoms with van der Waals surface area (Å²) in [6.45, 7) is 1.35. The Hall–Kier alpha value is -2.17. The number of nitrogens with zero attached hydrogens (tertiary/aromatic N) is 1. The second-order valence-electron chi connectivity index (χ2n) is 3.33. The van der Waals surface area contributed by atoms with Crippen molar-refractivity contribution in [3.63, 3.8) is 0 Å². The SMILES string of the molecule is COc1cccc2c(=O)[nH]c(C(C)=O)nc12. The van der Waals surface area contributed by atoms with Gasteiger partial charge in [-0.05, 0) is 12.1 Å². The van der Waals surface area contributed by atoms with Gasteiger partial charge in [0.15, 0.2) is 11.6 Å². The van der Waals surface area contributed by atoms with Gasteiger partial charge in [0.1, 0.15) is 11.3 Å². The zero-order valence-corrected chi connectivity index (χ0v) is 8.90. The van der Waals surface area contributed by atoms with Crippen molar-refractivity contribution in [2.45, 2.75) is 6.92 Å². The summed E-state index contributed by atoms with van der Waals surface area (Å²) in [5.41, 5.74) is 0.0630. The van der Waals surface area contributed by atoms with E-state index in [0.29, 0.717) is 16.7 Å². The van der Waals surface area contributed by atoms with E-state index in [9.17, 15) is 9.59 Å². The fourth-order valence-electron chi connectivity index (χ4n) is 1.47. The predicted molar refractivity (Wildman–Crippen MR) is 58.9 cm³/mol. The van der Waals surface area contributed by atoms with Crippen LogP contribution >= 0.6 is 0 Å². The van der Waals surface area contributed by atoms with E-state index in [4.69, 9.17) is 4.74 Å². The molecule has 0 fully saturated rings. The highest BCUT2D eigenvalue weighted by molar-refractivity contribution is 5.93. The first-order chi connectivity index (χ1) is 7.63. The van der Waals surface area contributed by atoms with Gasteiger partial charge in [0.05, 0.1) is 12.5 Å². The number of carbonyl (C=O) groups is 1. The number of methoxy groups -OCH3 is 1. The average Bonchev–Trinajstić information content (AvgIpc) is 2.28. The predicted octanol–water partition coefficient (Wildman–Crippen LogP) is 1.13. The van der Waals surface area contributed by atoms with E-state index in [0.717, 1.165) is 0 Å². The Labute approximate surface area is 91.1 Å². The summed E-state index contributed by atoms with van der Waals surface area (Å²) in [6, 6.07) is 5.03. The molecule has 0 saturated heterocycles. The van der Waals surface area contributed by atoms with Crippen LogP contribution in [0.15, 0.2) is 23.0 Å². The molecule has 0 atom stereocenters. The van der Waals surface area contributed by atoms with Crippen LogP contribution in [0.1, 0.15) is 17.5 Å². The summed E-state index contributed by atoms with van der Waals surface area (Å²) in [7, 11) is 1.49. The first-order valence-corrected chi connectivity index (χ1v) is 4.71. The average molecular weight is 218 g/mol. The zero-order valence-electron chi connectivity index (χ0n) is 8.90.